The number of allylic oxidation sites excluding steroid dienone is 1. The van der Waals surface area contributed by atoms with E-state index in [1.54, 1.807) is 11.8 Å². The smallest absolute Gasteiger partial charge is 0.100 e. The Bertz CT molecular complexity index is 469. The molecule has 0 N–H and O–H groups in total. The molecule has 0 bridgehead atoms. The molecule has 0 aliphatic rings. The van der Waals surface area contributed by atoms with E-state index in [0.29, 0.717) is 0 Å². The van der Waals surface area contributed by atoms with Crippen molar-refractivity contribution >= 4 is 24.4 Å². The summed E-state index contributed by atoms with van der Waals surface area (Å²) < 4.78 is 0. The Labute approximate surface area is 133 Å². The van der Waals surface area contributed by atoms with Gasteiger partial charge in [-0.1, -0.05) is 49.4 Å². The van der Waals surface area contributed by atoms with Gasteiger partial charge in [0.05, 0.1) is 0 Å². The van der Waals surface area contributed by atoms with Crippen LogP contribution in [-0.2, 0) is 12.6 Å². The average molecular weight is 306 g/mol. The molecule has 0 saturated heterocycles. The van der Waals surface area contributed by atoms with Crippen LogP contribution in [-0.4, -0.2) is 0 Å². The quantitative estimate of drug-likeness (QED) is 0.498. The SMILES string of the molecule is C=C(C)C.CC.[SH2+]c1ccc(Sc2ccccc2)cc1. The first-order chi connectivity index (χ1) is 9.58. The van der Waals surface area contributed by atoms with Crippen molar-refractivity contribution in [3.05, 3.63) is 66.7 Å². The fraction of sp³-hybridized carbons (Fsp3) is 0.222. The minimum Gasteiger partial charge on any atom is -0.100 e. The van der Waals surface area contributed by atoms with Gasteiger partial charge < -0.3 is 0 Å². The third kappa shape index (κ3) is 9.76. The first-order valence-electron chi connectivity index (χ1n) is 6.74. The lowest BCUT2D eigenvalue weighted by molar-refractivity contribution is 1.34. The molecule has 20 heavy (non-hydrogen) atoms. The van der Waals surface area contributed by atoms with Gasteiger partial charge in [0.25, 0.3) is 0 Å². The van der Waals surface area contributed by atoms with E-state index in [1.807, 2.05) is 33.8 Å². The van der Waals surface area contributed by atoms with Crippen LogP contribution in [0.15, 0.2) is 81.4 Å². The fourth-order valence-electron chi connectivity index (χ4n) is 1.15. The van der Waals surface area contributed by atoms with Crippen LogP contribution in [0.4, 0.5) is 0 Å². The molecular weight excluding hydrogens is 280 g/mol. The normalized spacial score (nSPS) is 8.65. The van der Waals surface area contributed by atoms with Gasteiger partial charge in [-0.15, -0.1) is 6.58 Å². The van der Waals surface area contributed by atoms with Crippen molar-refractivity contribution < 1.29 is 0 Å². The Morgan fingerprint density at radius 3 is 1.70 bits per heavy atom. The average Bonchev–Trinajstić information content (AvgIpc) is 2.44. The maximum atomic E-state index is 3.56. The highest BCUT2D eigenvalue weighted by molar-refractivity contribution is 7.99. The van der Waals surface area contributed by atoms with E-state index in [0.717, 1.165) is 4.90 Å². The third-order valence-corrected chi connectivity index (χ3v) is 3.18. The van der Waals surface area contributed by atoms with Crippen LogP contribution in [0, 0.1) is 0 Å². The molecule has 0 aliphatic heterocycles. The molecule has 0 nitrogen and oxygen atoms in total. The molecule has 0 aromatic heterocycles. The summed E-state index contributed by atoms with van der Waals surface area (Å²) in [6.45, 7) is 11.5. The lowest BCUT2D eigenvalue weighted by Crippen LogP contribution is -1.73. The number of hydrogen-bond donors (Lipinski definition) is 0. The standard InChI is InChI=1S/C12H10S2.C4H8.C2H6/c13-10-6-8-12(9-7-10)14-11-4-2-1-3-5-11;1-4(2)3;1-2/h1-9,13H;1H2,2-3H3;1-2H3/p+1. The van der Waals surface area contributed by atoms with Gasteiger partial charge in [-0.25, -0.2) is 0 Å². The van der Waals surface area contributed by atoms with E-state index in [1.165, 1.54) is 15.4 Å². The lowest BCUT2D eigenvalue weighted by Gasteiger charge is -1.99. The van der Waals surface area contributed by atoms with Gasteiger partial charge >= 0.3 is 0 Å². The van der Waals surface area contributed by atoms with E-state index >= 15 is 0 Å². The summed E-state index contributed by atoms with van der Waals surface area (Å²) >= 11 is 5.24. The van der Waals surface area contributed by atoms with Crippen molar-refractivity contribution in [1.29, 1.82) is 0 Å². The van der Waals surface area contributed by atoms with Crippen molar-refractivity contribution in [2.24, 2.45) is 0 Å². The van der Waals surface area contributed by atoms with Crippen molar-refractivity contribution in [3.8, 4) is 0 Å². The van der Waals surface area contributed by atoms with E-state index in [-0.39, 0.29) is 0 Å². The number of benzene rings is 2. The maximum Gasteiger partial charge on any atom is 0.150 e. The predicted molar refractivity (Wildman–Crippen MR) is 97.3 cm³/mol. The van der Waals surface area contributed by atoms with Gasteiger partial charge in [0.1, 0.15) is 4.90 Å². The first kappa shape index (κ1) is 18.9. The Hall–Kier alpha value is -1.12. The van der Waals surface area contributed by atoms with Crippen LogP contribution in [0.1, 0.15) is 27.7 Å². The summed E-state index contributed by atoms with van der Waals surface area (Å²) in [6.07, 6.45) is 0. The monoisotopic (exact) mass is 305 g/mol. The van der Waals surface area contributed by atoms with Gasteiger partial charge in [-0.05, 0) is 62.9 Å². The summed E-state index contributed by atoms with van der Waals surface area (Å²) in [4.78, 5) is 3.65. The van der Waals surface area contributed by atoms with Crippen molar-refractivity contribution in [2.45, 2.75) is 42.4 Å². The number of hydrogen-bond acceptors (Lipinski definition) is 1. The van der Waals surface area contributed by atoms with Crippen LogP contribution < -0.4 is 0 Å². The van der Waals surface area contributed by atoms with E-state index in [9.17, 15) is 0 Å². The van der Waals surface area contributed by atoms with Gasteiger partial charge in [0.15, 0.2) is 0 Å². The molecule has 0 heterocycles. The number of rotatable bonds is 2. The van der Waals surface area contributed by atoms with Gasteiger partial charge in [0, 0.05) is 9.79 Å². The van der Waals surface area contributed by atoms with E-state index < -0.39 is 0 Å². The van der Waals surface area contributed by atoms with Crippen molar-refractivity contribution in [3.63, 3.8) is 0 Å². The highest BCUT2D eigenvalue weighted by Gasteiger charge is 1.96. The largest absolute Gasteiger partial charge is 0.150 e. The Morgan fingerprint density at radius 1 is 0.850 bits per heavy atom. The Kier molecular flexibility index (Phi) is 11.0. The molecule has 2 heteroatoms. The summed E-state index contributed by atoms with van der Waals surface area (Å²) in [6, 6.07) is 18.7. The molecule has 0 aliphatic carbocycles. The maximum absolute atomic E-state index is 3.56. The summed E-state index contributed by atoms with van der Waals surface area (Å²) in [7, 11) is 0. The van der Waals surface area contributed by atoms with Crippen molar-refractivity contribution in [2.75, 3.05) is 0 Å². The van der Waals surface area contributed by atoms with Crippen LogP contribution in [0.3, 0.4) is 0 Å². The molecule has 2 aromatic rings. The Morgan fingerprint density at radius 2 is 1.25 bits per heavy atom. The van der Waals surface area contributed by atoms with E-state index in [2.05, 4.69) is 67.7 Å². The van der Waals surface area contributed by atoms with Crippen LogP contribution in [0.25, 0.3) is 0 Å². The molecule has 2 aromatic carbocycles. The Balaban J connectivity index is 0.000000521. The zero-order valence-electron chi connectivity index (χ0n) is 12.8. The van der Waals surface area contributed by atoms with Gasteiger partial charge in [-0.2, -0.15) is 0 Å². The highest BCUT2D eigenvalue weighted by Crippen LogP contribution is 2.27. The van der Waals surface area contributed by atoms with E-state index in [4.69, 9.17) is 0 Å². The molecule has 0 radical (unpaired) electrons. The minimum atomic E-state index is 1.11. The molecular formula is C18H25S2+. The molecule has 108 valence electrons. The third-order valence-electron chi connectivity index (χ3n) is 1.83. The van der Waals surface area contributed by atoms with Gasteiger partial charge in [0.2, 0.25) is 0 Å². The molecule has 0 unspecified atom stereocenters. The topological polar surface area (TPSA) is 0 Å². The first-order valence-corrected chi connectivity index (χ1v) is 8.06. The zero-order valence-corrected chi connectivity index (χ0v) is 14.6. The van der Waals surface area contributed by atoms with Crippen LogP contribution in [0.2, 0.25) is 0 Å². The zero-order chi connectivity index (χ0) is 15.4. The molecule has 0 spiro atoms. The molecule has 0 saturated carbocycles. The summed E-state index contributed by atoms with van der Waals surface area (Å²) in [5.41, 5.74) is 1.17. The second-order valence-corrected chi connectivity index (χ2v) is 5.87. The fourth-order valence-corrected chi connectivity index (χ4v) is 2.15. The molecule has 0 amide bonds. The molecule has 0 atom stereocenters. The predicted octanol–water partition coefficient (Wildman–Crippen LogP) is 5.82. The second-order valence-electron chi connectivity index (χ2n) is 4.15. The highest BCUT2D eigenvalue weighted by atomic mass is 32.2. The second kappa shape index (κ2) is 11.7. The molecule has 2 rings (SSSR count). The van der Waals surface area contributed by atoms with Crippen LogP contribution in [0.5, 0.6) is 0 Å². The lowest BCUT2D eigenvalue weighted by atomic mass is 10.4. The van der Waals surface area contributed by atoms with Gasteiger partial charge in [-0.3, -0.25) is 0 Å². The summed E-state index contributed by atoms with van der Waals surface area (Å²) in [5.74, 6) is 0. The summed E-state index contributed by atoms with van der Waals surface area (Å²) in [5, 5.41) is 0. The van der Waals surface area contributed by atoms with Crippen molar-refractivity contribution in [1.82, 2.24) is 0 Å². The van der Waals surface area contributed by atoms with Crippen LogP contribution >= 0.6 is 11.8 Å². The minimum absolute atomic E-state index is 1.11. The molecule has 0 fully saturated rings.